The average molecular weight is 335 g/mol. The predicted octanol–water partition coefficient (Wildman–Crippen LogP) is 5.29. The van der Waals surface area contributed by atoms with Crippen LogP contribution in [0.5, 0.6) is 0 Å². The Balaban J connectivity index is 2.37. The molecule has 1 unspecified atom stereocenters. The van der Waals surface area contributed by atoms with E-state index in [0.29, 0.717) is 23.1 Å². The minimum Gasteiger partial charge on any atom is -0.256 e. The second-order valence-corrected chi connectivity index (χ2v) is 5.77. The van der Waals surface area contributed by atoms with Crippen molar-refractivity contribution in [1.82, 2.24) is 5.01 Å². The topological polar surface area (TPSA) is 32.7 Å². The van der Waals surface area contributed by atoms with E-state index in [9.17, 15) is 4.91 Å². The number of halogens is 2. The fourth-order valence-electron chi connectivity index (χ4n) is 2.32. The number of rotatable bonds is 7. The van der Waals surface area contributed by atoms with Crippen molar-refractivity contribution < 1.29 is 0 Å². The van der Waals surface area contributed by atoms with Crippen LogP contribution in [0, 0.1) is 4.91 Å². The van der Waals surface area contributed by atoms with Gasteiger partial charge in [-0.3, -0.25) is 5.01 Å². The first-order chi connectivity index (χ1) is 10.6. The largest absolute Gasteiger partial charge is 0.256 e. The highest BCUT2D eigenvalue weighted by Crippen LogP contribution is 2.28. The van der Waals surface area contributed by atoms with Crippen LogP contribution in [0.4, 0.5) is 0 Å². The van der Waals surface area contributed by atoms with Crippen molar-refractivity contribution in [3.8, 4) is 0 Å². The number of hydrogen-bond acceptors (Lipinski definition) is 2. The Morgan fingerprint density at radius 1 is 1.09 bits per heavy atom. The molecule has 0 aliphatic carbocycles. The number of nitroso groups, excluding NO2 is 1. The summed E-state index contributed by atoms with van der Waals surface area (Å²) < 4.78 is 0. The Bertz CT molecular complexity index is 643. The molecule has 0 spiro atoms. The molecule has 0 fully saturated rings. The van der Waals surface area contributed by atoms with Crippen molar-refractivity contribution in [3.63, 3.8) is 0 Å². The van der Waals surface area contributed by atoms with Gasteiger partial charge in [-0.15, -0.1) is 11.5 Å². The molecular formula is C17H16Cl2N2O. The van der Waals surface area contributed by atoms with E-state index in [1.54, 1.807) is 6.08 Å². The maximum atomic E-state index is 11.0. The smallest absolute Gasteiger partial charge is 0.0571 e. The zero-order chi connectivity index (χ0) is 15.9. The van der Waals surface area contributed by atoms with Crippen molar-refractivity contribution in [1.29, 1.82) is 0 Å². The van der Waals surface area contributed by atoms with E-state index < -0.39 is 0 Å². The molecule has 0 aliphatic rings. The molecule has 0 radical (unpaired) electrons. The normalized spacial score (nSPS) is 11.7. The molecule has 2 rings (SSSR count). The van der Waals surface area contributed by atoms with Gasteiger partial charge in [0.25, 0.3) is 0 Å². The van der Waals surface area contributed by atoms with Gasteiger partial charge >= 0.3 is 0 Å². The third-order valence-corrected chi connectivity index (χ3v) is 3.86. The molecule has 0 N–H and O–H groups in total. The Labute approximate surface area is 140 Å². The van der Waals surface area contributed by atoms with Gasteiger partial charge in [-0.25, -0.2) is 0 Å². The summed E-state index contributed by atoms with van der Waals surface area (Å²) in [4.78, 5) is 11.0. The Kier molecular flexibility index (Phi) is 5.99. The summed E-state index contributed by atoms with van der Waals surface area (Å²) in [5, 5.41) is 5.83. The molecular weight excluding hydrogens is 319 g/mol. The maximum absolute atomic E-state index is 11.0. The van der Waals surface area contributed by atoms with Crippen molar-refractivity contribution >= 4 is 23.2 Å². The second kappa shape index (κ2) is 7.97. The summed E-state index contributed by atoms with van der Waals surface area (Å²) in [7, 11) is 0. The SMILES string of the molecule is C=CCN(CC(c1ccc(Cl)cc1)c1cccc(Cl)c1)N=O. The summed E-state index contributed by atoms with van der Waals surface area (Å²) in [5.74, 6) is -0.0337. The molecule has 3 nitrogen and oxygen atoms in total. The van der Waals surface area contributed by atoms with Crippen molar-refractivity contribution in [2.45, 2.75) is 5.92 Å². The predicted molar refractivity (Wildman–Crippen MR) is 92.3 cm³/mol. The molecule has 0 saturated heterocycles. The summed E-state index contributed by atoms with van der Waals surface area (Å²) in [6.45, 7) is 4.49. The minimum atomic E-state index is -0.0337. The third-order valence-electron chi connectivity index (χ3n) is 3.37. The van der Waals surface area contributed by atoms with Crippen LogP contribution in [0.3, 0.4) is 0 Å². The van der Waals surface area contributed by atoms with Crippen LogP contribution >= 0.6 is 23.2 Å². The van der Waals surface area contributed by atoms with Crippen LogP contribution in [-0.4, -0.2) is 18.1 Å². The highest BCUT2D eigenvalue weighted by atomic mass is 35.5. The van der Waals surface area contributed by atoms with Crippen LogP contribution in [0.15, 0.2) is 66.5 Å². The molecule has 0 amide bonds. The highest BCUT2D eigenvalue weighted by molar-refractivity contribution is 6.30. The Morgan fingerprint density at radius 3 is 2.41 bits per heavy atom. The Hall–Kier alpha value is -1.84. The molecule has 0 bridgehead atoms. The standard InChI is InChI=1S/C17H16Cl2N2O/c1-2-10-21(20-22)12-17(13-6-8-15(18)9-7-13)14-4-3-5-16(19)11-14/h2-9,11,17H,1,10,12H2. The average Bonchev–Trinajstić information content (AvgIpc) is 2.52. The number of benzene rings is 2. The fraction of sp³-hybridized carbons (Fsp3) is 0.176. The zero-order valence-corrected chi connectivity index (χ0v) is 13.5. The van der Waals surface area contributed by atoms with E-state index in [4.69, 9.17) is 23.2 Å². The number of hydrogen-bond donors (Lipinski definition) is 0. The van der Waals surface area contributed by atoms with Crippen LogP contribution < -0.4 is 0 Å². The molecule has 1 atom stereocenters. The van der Waals surface area contributed by atoms with Crippen molar-refractivity contribution in [2.24, 2.45) is 5.29 Å². The minimum absolute atomic E-state index is 0.0337. The van der Waals surface area contributed by atoms with E-state index >= 15 is 0 Å². The lowest BCUT2D eigenvalue weighted by Crippen LogP contribution is -2.24. The molecule has 0 saturated carbocycles. The van der Waals surface area contributed by atoms with Crippen LogP contribution in [0.25, 0.3) is 0 Å². The quantitative estimate of drug-likeness (QED) is 0.391. The van der Waals surface area contributed by atoms with Gasteiger partial charge in [0.05, 0.1) is 18.4 Å². The van der Waals surface area contributed by atoms with Crippen LogP contribution in [-0.2, 0) is 0 Å². The van der Waals surface area contributed by atoms with E-state index in [0.717, 1.165) is 11.1 Å². The molecule has 2 aromatic rings. The van der Waals surface area contributed by atoms with Crippen molar-refractivity contribution in [3.05, 3.63) is 87.3 Å². The molecule has 114 valence electrons. The second-order valence-electron chi connectivity index (χ2n) is 4.90. The van der Waals surface area contributed by atoms with Gasteiger partial charge in [0.1, 0.15) is 0 Å². The zero-order valence-electron chi connectivity index (χ0n) is 12.0. The monoisotopic (exact) mass is 334 g/mol. The molecule has 0 aromatic heterocycles. The van der Waals surface area contributed by atoms with E-state index in [2.05, 4.69) is 11.9 Å². The van der Waals surface area contributed by atoms with E-state index in [1.165, 1.54) is 5.01 Å². The summed E-state index contributed by atoms with van der Waals surface area (Å²) in [5.41, 5.74) is 2.07. The van der Waals surface area contributed by atoms with Crippen molar-refractivity contribution in [2.75, 3.05) is 13.1 Å². The lowest BCUT2D eigenvalue weighted by Gasteiger charge is -2.23. The van der Waals surface area contributed by atoms with Gasteiger partial charge in [0.15, 0.2) is 0 Å². The summed E-state index contributed by atoms with van der Waals surface area (Å²) >= 11 is 12.1. The fourth-order valence-corrected chi connectivity index (χ4v) is 2.65. The summed E-state index contributed by atoms with van der Waals surface area (Å²) in [6.07, 6.45) is 1.65. The van der Waals surface area contributed by atoms with E-state index in [1.807, 2.05) is 48.5 Å². The van der Waals surface area contributed by atoms with Crippen LogP contribution in [0.1, 0.15) is 17.0 Å². The summed E-state index contributed by atoms with van der Waals surface area (Å²) in [6, 6.07) is 15.2. The van der Waals surface area contributed by atoms with Gasteiger partial charge in [-0.2, -0.15) is 0 Å². The third kappa shape index (κ3) is 4.33. The molecule has 5 heteroatoms. The van der Waals surface area contributed by atoms with Gasteiger partial charge in [0.2, 0.25) is 0 Å². The number of nitrogens with zero attached hydrogens (tertiary/aromatic N) is 2. The molecule has 2 aromatic carbocycles. The lowest BCUT2D eigenvalue weighted by molar-refractivity contribution is 0.304. The van der Waals surface area contributed by atoms with Gasteiger partial charge in [-0.05, 0) is 35.4 Å². The first kappa shape index (κ1) is 16.5. The molecule has 0 heterocycles. The molecule has 0 aliphatic heterocycles. The van der Waals surface area contributed by atoms with Gasteiger partial charge in [-0.1, -0.05) is 53.5 Å². The first-order valence-electron chi connectivity index (χ1n) is 6.84. The molecule has 22 heavy (non-hydrogen) atoms. The lowest BCUT2D eigenvalue weighted by atomic mass is 9.91. The first-order valence-corrected chi connectivity index (χ1v) is 7.59. The maximum Gasteiger partial charge on any atom is 0.0571 e. The van der Waals surface area contributed by atoms with E-state index in [-0.39, 0.29) is 5.92 Å². The van der Waals surface area contributed by atoms with Gasteiger partial charge in [0, 0.05) is 16.0 Å². The van der Waals surface area contributed by atoms with Crippen LogP contribution in [0.2, 0.25) is 10.0 Å². The highest BCUT2D eigenvalue weighted by Gasteiger charge is 2.18. The van der Waals surface area contributed by atoms with Gasteiger partial charge < -0.3 is 0 Å². The Morgan fingerprint density at radius 2 is 1.82 bits per heavy atom.